The van der Waals surface area contributed by atoms with Crippen molar-refractivity contribution in [1.82, 2.24) is 5.32 Å². The highest BCUT2D eigenvalue weighted by Crippen LogP contribution is 2.10. The number of nitrogens with one attached hydrogen (secondary N) is 1. The first-order valence-electron chi connectivity index (χ1n) is 5.93. The van der Waals surface area contributed by atoms with Crippen LogP contribution in [0.25, 0.3) is 0 Å². The lowest BCUT2D eigenvalue weighted by atomic mass is 10.4. The molecule has 0 saturated heterocycles. The van der Waals surface area contributed by atoms with Crippen molar-refractivity contribution < 1.29 is 21.6 Å². The normalized spacial score (nSPS) is 12.1. The van der Waals surface area contributed by atoms with E-state index in [0.29, 0.717) is 0 Å². The fourth-order valence-electron chi connectivity index (χ4n) is 1.44. The SMILES string of the molecule is CS(=O)(=O)CCNC(=O)CCS(=O)(=O)c1ccccc1. The largest absolute Gasteiger partial charge is 0.355 e. The lowest BCUT2D eigenvalue weighted by Gasteiger charge is -2.05. The summed E-state index contributed by atoms with van der Waals surface area (Å²) < 4.78 is 45.5. The van der Waals surface area contributed by atoms with E-state index in [1.165, 1.54) is 12.1 Å². The van der Waals surface area contributed by atoms with Crippen LogP contribution in [0.1, 0.15) is 6.42 Å². The van der Waals surface area contributed by atoms with Crippen molar-refractivity contribution in [2.24, 2.45) is 0 Å². The molecule has 0 aliphatic heterocycles. The van der Waals surface area contributed by atoms with Crippen LogP contribution in [0.15, 0.2) is 35.2 Å². The molecule has 0 atom stereocenters. The number of amides is 1. The summed E-state index contributed by atoms with van der Waals surface area (Å²) in [7, 11) is -6.63. The van der Waals surface area contributed by atoms with Gasteiger partial charge >= 0.3 is 0 Å². The third kappa shape index (κ3) is 6.16. The molecule has 0 aliphatic rings. The summed E-state index contributed by atoms with van der Waals surface area (Å²) in [6.07, 6.45) is 0.875. The van der Waals surface area contributed by atoms with Crippen LogP contribution in [-0.4, -0.2) is 47.0 Å². The fraction of sp³-hybridized carbons (Fsp3) is 0.417. The van der Waals surface area contributed by atoms with Crippen LogP contribution in [0.3, 0.4) is 0 Å². The number of sulfone groups is 2. The highest BCUT2D eigenvalue weighted by atomic mass is 32.2. The molecule has 1 aromatic carbocycles. The summed E-state index contributed by atoms with van der Waals surface area (Å²) in [5.41, 5.74) is 0. The number of carbonyl (C=O) groups is 1. The smallest absolute Gasteiger partial charge is 0.221 e. The molecule has 1 amide bonds. The zero-order chi connectivity index (χ0) is 15.2. The average molecular weight is 319 g/mol. The zero-order valence-corrected chi connectivity index (χ0v) is 12.7. The maximum absolute atomic E-state index is 11.9. The predicted octanol–water partition coefficient (Wildman–Crippen LogP) is 0.0112. The Bertz CT molecular complexity index is 650. The van der Waals surface area contributed by atoms with Crippen LogP contribution < -0.4 is 5.32 Å². The molecule has 1 N–H and O–H groups in total. The van der Waals surface area contributed by atoms with Gasteiger partial charge in [-0.2, -0.15) is 0 Å². The number of carbonyl (C=O) groups excluding carboxylic acids is 1. The van der Waals surface area contributed by atoms with E-state index in [1.54, 1.807) is 18.2 Å². The molecule has 0 heterocycles. The maximum atomic E-state index is 11.9. The van der Waals surface area contributed by atoms with E-state index in [2.05, 4.69) is 5.32 Å². The van der Waals surface area contributed by atoms with Gasteiger partial charge < -0.3 is 5.32 Å². The second kappa shape index (κ2) is 6.85. The molecule has 0 aromatic heterocycles. The van der Waals surface area contributed by atoms with E-state index in [4.69, 9.17) is 0 Å². The molecule has 0 radical (unpaired) electrons. The highest BCUT2D eigenvalue weighted by Gasteiger charge is 2.16. The molecule has 20 heavy (non-hydrogen) atoms. The number of hydrogen-bond donors (Lipinski definition) is 1. The summed E-state index contributed by atoms with van der Waals surface area (Å²) in [5.74, 6) is -0.945. The molecule has 0 saturated carbocycles. The van der Waals surface area contributed by atoms with E-state index in [9.17, 15) is 21.6 Å². The van der Waals surface area contributed by atoms with E-state index in [1.807, 2.05) is 0 Å². The highest BCUT2D eigenvalue weighted by molar-refractivity contribution is 7.91. The molecule has 0 bridgehead atoms. The van der Waals surface area contributed by atoms with Gasteiger partial charge in [-0.15, -0.1) is 0 Å². The number of benzene rings is 1. The first-order valence-corrected chi connectivity index (χ1v) is 9.64. The maximum Gasteiger partial charge on any atom is 0.221 e. The fourth-order valence-corrected chi connectivity index (χ4v) is 3.17. The van der Waals surface area contributed by atoms with E-state index in [-0.39, 0.29) is 29.4 Å². The summed E-state index contributed by atoms with van der Waals surface area (Å²) >= 11 is 0. The molecule has 0 aliphatic carbocycles. The van der Waals surface area contributed by atoms with Crippen molar-refractivity contribution in [3.8, 4) is 0 Å². The van der Waals surface area contributed by atoms with E-state index < -0.39 is 25.6 Å². The molecule has 112 valence electrons. The van der Waals surface area contributed by atoms with Crippen LogP contribution in [0.5, 0.6) is 0 Å². The Morgan fingerprint density at radius 2 is 1.65 bits per heavy atom. The second-order valence-electron chi connectivity index (χ2n) is 4.36. The van der Waals surface area contributed by atoms with Gasteiger partial charge in [0.25, 0.3) is 0 Å². The summed E-state index contributed by atoms with van der Waals surface area (Å²) in [4.78, 5) is 11.6. The van der Waals surface area contributed by atoms with Gasteiger partial charge in [0.05, 0.1) is 16.4 Å². The van der Waals surface area contributed by atoms with Gasteiger partial charge in [0.15, 0.2) is 9.84 Å². The van der Waals surface area contributed by atoms with Crippen LogP contribution in [0, 0.1) is 0 Å². The Labute approximate surface area is 119 Å². The average Bonchev–Trinajstić information content (AvgIpc) is 2.36. The van der Waals surface area contributed by atoms with Gasteiger partial charge in [0, 0.05) is 19.2 Å². The monoisotopic (exact) mass is 319 g/mol. The Morgan fingerprint density at radius 3 is 2.20 bits per heavy atom. The molecule has 1 aromatic rings. The minimum atomic E-state index is -3.49. The Hall–Kier alpha value is -1.41. The van der Waals surface area contributed by atoms with Gasteiger partial charge in [-0.05, 0) is 12.1 Å². The van der Waals surface area contributed by atoms with Crippen LogP contribution in [0.4, 0.5) is 0 Å². The van der Waals surface area contributed by atoms with Crippen molar-refractivity contribution in [3.63, 3.8) is 0 Å². The lowest BCUT2D eigenvalue weighted by molar-refractivity contribution is -0.120. The van der Waals surface area contributed by atoms with Crippen LogP contribution in [0.2, 0.25) is 0 Å². The molecule has 0 unspecified atom stereocenters. The van der Waals surface area contributed by atoms with Gasteiger partial charge in [-0.25, -0.2) is 16.8 Å². The molecule has 8 heteroatoms. The minimum Gasteiger partial charge on any atom is -0.355 e. The zero-order valence-electron chi connectivity index (χ0n) is 11.1. The quantitative estimate of drug-likeness (QED) is 0.763. The molecule has 1 rings (SSSR count). The van der Waals surface area contributed by atoms with Crippen LogP contribution in [-0.2, 0) is 24.5 Å². The van der Waals surface area contributed by atoms with Crippen LogP contribution >= 0.6 is 0 Å². The second-order valence-corrected chi connectivity index (χ2v) is 8.73. The van der Waals surface area contributed by atoms with E-state index >= 15 is 0 Å². The minimum absolute atomic E-state index is 0.0109. The number of hydrogen-bond acceptors (Lipinski definition) is 5. The van der Waals surface area contributed by atoms with Crippen molar-refractivity contribution in [1.29, 1.82) is 0 Å². The van der Waals surface area contributed by atoms with Gasteiger partial charge in [-0.3, -0.25) is 4.79 Å². The van der Waals surface area contributed by atoms with Crippen molar-refractivity contribution >= 4 is 25.6 Å². The Kier molecular flexibility index (Phi) is 5.70. The summed E-state index contributed by atoms with van der Waals surface area (Å²) in [6.45, 7) is -0.0109. The van der Waals surface area contributed by atoms with E-state index in [0.717, 1.165) is 6.26 Å². The standard InChI is InChI=1S/C12H17NO5S2/c1-19(15,16)10-8-13-12(14)7-9-20(17,18)11-5-3-2-4-6-11/h2-6H,7-10H2,1H3,(H,13,14). The van der Waals surface area contributed by atoms with Crippen molar-refractivity contribution in [2.45, 2.75) is 11.3 Å². The molecule has 0 fully saturated rings. The van der Waals surface area contributed by atoms with Gasteiger partial charge in [0.1, 0.15) is 9.84 Å². The Balaban J connectivity index is 2.45. The lowest BCUT2D eigenvalue weighted by Crippen LogP contribution is -2.30. The molecule has 0 spiro atoms. The first kappa shape index (κ1) is 16.6. The predicted molar refractivity (Wildman–Crippen MR) is 75.8 cm³/mol. The molecular formula is C12H17NO5S2. The topological polar surface area (TPSA) is 97.4 Å². The third-order valence-corrected chi connectivity index (χ3v) is 5.17. The van der Waals surface area contributed by atoms with Crippen molar-refractivity contribution in [3.05, 3.63) is 30.3 Å². The summed E-state index contributed by atoms with van der Waals surface area (Å²) in [5, 5.41) is 2.38. The van der Waals surface area contributed by atoms with Gasteiger partial charge in [-0.1, -0.05) is 18.2 Å². The Morgan fingerprint density at radius 1 is 1.05 bits per heavy atom. The van der Waals surface area contributed by atoms with Crippen molar-refractivity contribution in [2.75, 3.05) is 24.3 Å². The van der Waals surface area contributed by atoms with Gasteiger partial charge in [0.2, 0.25) is 5.91 Å². The molecular weight excluding hydrogens is 302 g/mol. The summed E-state index contributed by atoms with van der Waals surface area (Å²) in [6, 6.07) is 7.86. The number of rotatable bonds is 7. The molecule has 6 nitrogen and oxygen atoms in total. The third-order valence-electron chi connectivity index (χ3n) is 2.50. The first-order chi connectivity index (χ1) is 9.21.